The SMILES string of the molecule is Cc1cccc(N)c1S(=O)(=O)N1CC(=O)NC(=O)C1C. The van der Waals surface area contributed by atoms with Crippen LogP contribution >= 0.6 is 0 Å². The van der Waals surface area contributed by atoms with Crippen molar-refractivity contribution >= 4 is 27.5 Å². The molecule has 1 atom stereocenters. The van der Waals surface area contributed by atoms with Crippen LogP contribution in [0.2, 0.25) is 0 Å². The number of nitrogens with zero attached hydrogens (tertiary/aromatic N) is 1. The lowest BCUT2D eigenvalue weighted by Crippen LogP contribution is -2.58. The fourth-order valence-electron chi connectivity index (χ4n) is 2.13. The van der Waals surface area contributed by atoms with E-state index in [1.807, 2.05) is 0 Å². The number of imide groups is 1. The standard InChI is InChI=1S/C12H15N3O4S/c1-7-4-3-5-9(13)11(7)20(18,19)15-6-10(16)14-12(17)8(15)2/h3-5,8H,6,13H2,1-2H3,(H,14,16,17). The van der Waals surface area contributed by atoms with Crippen LogP contribution in [0.5, 0.6) is 0 Å². The number of sulfonamides is 1. The number of nitrogens with two attached hydrogens (primary N) is 1. The topological polar surface area (TPSA) is 110 Å². The molecule has 0 saturated carbocycles. The molecule has 8 heteroatoms. The summed E-state index contributed by atoms with van der Waals surface area (Å²) >= 11 is 0. The van der Waals surface area contributed by atoms with Gasteiger partial charge in [0, 0.05) is 0 Å². The van der Waals surface area contributed by atoms with Crippen LogP contribution in [0.3, 0.4) is 0 Å². The highest BCUT2D eigenvalue weighted by molar-refractivity contribution is 7.89. The number of piperazine rings is 1. The molecule has 1 aromatic carbocycles. The van der Waals surface area contributed by atoms with Crippen molar-refractivity contribution in [2.45, 2.75) is 24.8 Å². The van der Waals surface area contributed by atoms with Crippen LogP contribution in [0.25, 0.3) is 0 Å². The summed E-state index contributed by atoms with van der Waals surface area (Å²) in [6.45, 7) is 2.64. The van der Waals surface area contributed by atoms with E-state index in [2.05, 4.69) is 5.32 Å². The number of carbonyl (C=O) groups is 2. The number of aryl methyl sites for hydroxylation is 1. The fourth-order valence-corrected chi connectivity index (χ4v) is 4.00. The smallest absolute Gasteiger partial charge is 0.246 e. The third kappa shape index (κ3) is 2.27. The third-order valence-corrected chi connectivity index (χ3v) is 5.32. The molecule has 3 N–H and O–H groups in total. The summed E-state index contributed by atoms with van der Waals surface area (Å²) in [6, 6.07) is 3.76. The minimum atomic E-state index is -4.01. The molecule has 2 amide bonds. The minimum Gasteiger partial charge on any atom is -0.398 e. The molecule has 0 bridgehead atoms. The number of nitrogens with one attached hydrogen (secondary N) is 1. The molecule has 0 aromatic heterocycles. The van der Waals surface area contributed by atoms with E-state index in [9.17, 15) is 18.0 Å². The first-order valence-corrected chi connectivity index (χ1v) is 7.40. The number of benzene rings is 1. The molecule has 1 aliphatic heterocycles. The Morgan fingerprint density at radius 1 is 1.35 bits per heavy atom. The largest absolute Gasteiger partial charge is 0.398 e. The monoisotopic (exact) mass is 297 g/mol. The molecule has 7 nitrogen and oxygen atoms in total. The molecule has 0 aliphatic carbocycles. The number of carbonyl (C=O) groups excluding carboxylic acids is 2. The molecular formula is C12H15N3O4S. The maximum atomic E-state index is 12.6. The van der Waals surface area contributed by atoms with Crippen LogP contribution in [0.15, 0.2) is 23.1 Å². The van der Waals surface area contributed by atoms with Gasteiger partial charge in [-0.2, -0.15) is 4.31 Å². The molecule has 1 fully saturated rings. The lowest BCUT2D eigenvalue weighted by molar-refractivity contribution is -0.136. The van der Waals surface area contributed by atoms with Crippen molar-refractivity contribution in [2.24, 2.45) is 0 Å². The normalized spacial score (nSPS) is 20.8. The van der Waals surface area contributed by atoms with E-state index < -0.39 is 34.4 Å². The van der Waals surface area contributed by atoms with Crippen molar-refractivity contribution in [3.05, 3.63) is 23.8 Å². The second-order valence-corrected chi connectivity index (χ2v) is 6.46. The Morgan fingerprint density at radius 2 is 2.00 bits per heavy atom. The van der Waals surface area contributed by atoms with Gasteiger partial charge in [0.2, 0.25) is 21.8 Å². The molecule has 108 valence electrons. The molecule has 1 aliphatic rings. The van der Waals surface area contributed by atoms with Gasteiger partial charge in [0.05, 0.1) is 12.2 Å². The molecule has 1 aromatic rings. The maximum absolute atomic E-state index is 12.6. The van der Waals surface area contributed by atoms with Crippen LogP contribution < -0.4 is 11.1 Å². The predicted molar refractivity (Wildman–Crippen MR) is 72.1 cm³/mol. The zero-order valence-corrected chi connectivity index (χ0v) is 11.9. The quantitative estimate of drug-likeness (QED) is 0.571. The minimum absolute atomic E-state index is 0.0608. The average Bonchev–Trinajstić information content (AvgIpc) is 2.33. The van der Waals surface area contributed by atoms with Gasteiger partial charge in [-0.1, -0.05) is 12.1 Å². The number of hydrogen-bond donors (Lipinski definition) is 2. The summed E-state index contributed by atoms with van der Waals surface area (Å²) in [5, 5.41) is 2.10. The Kier molecular flexibility index (Phi) is 3.53. The molecule has 20 heavy (non-hydrogen) atoms. The number of nitrogen functional groups attached to an aromatic ring is 1. The highest BCUT2D eigenvalue weighted by Crippen LogP contribution is 2.27. The third-order valence-electron chi connectivity index (χ3n) is 3.18. The van der Waals surface area contributed by atoms with E-state index in [1.165, 1.54) is 13.0 Å². The summed E-state index contributed by atoms with van der Waals surface area (Å²) in [5.74, 6) is -1.29. The van der Waals surface area contributed by atoms with Gasteiger partial charge in [0.15, 0.2) is 0 Å². The molecule has 1 heterocycles. The van der Waals surface area contributed by atoms with E-state index in [1.54, 1.807) is 19.1 Å². The first kappa shape index (κ1) is 14.5. The second-order valence-electron chi connectivity index (χ2n) is 4.63. The van der Waals surface area contributed by atoms with Crippen molar-refractivity contribution in [1.82, 2.24) is 9.62 Å². The highest BCUT2D eigenvalue weighted by atomic mass is 32.2. The predicted octanol–water partition coefficient (Wildman–Crippen LogP) is -0.387. The Hall–Kier alpha value is -1.93. The second kappa shape index (κ2) is 4.88. The average molecular weight is 297 g/mol. The van der Waals surface area contributed by atoms with Gasteiger partial charge in [-0.25, -0.2) is 8.42 Å². The van der Waals surface area contributed by atoms with Crippen molar-refractivity contribution in [1.29, 1.82) is 0 Å². The molecule has 1 unspecified atom stereocenters. The van der Waals surface area contributed by atoms with Gasteiger partial charge in [-0.3, -0.25) is 14.9 Å². The van der Waals surface area contributed by atoms with Crippen LogP contribution in [0, 0.1) is 6.92 Å². The van der Waals surface area contributed by atoms with Crippen LogP contribution in [-0.4, -0.2) is 37.1 Å². The van der Waals surface area contributed by atoms with Crippen molar-refractivity contribution < 1.29 is 18.0 Å². The first-order valence-electron chi connectivity index (χ1n) is 5.95. The zero-order valence-electron chi connectivity index (χ0n) is 11.1. The molecule has 2 rings (SSSR count). The molecule has 0 spiro atoms. The van der Waals surface area contributed by atoms with E-state index in [0.29, 0.717) is 5.56 Å². The van der Waals surface area contributed by atoms with Gasteiger partial charge >= 0.3 is 0 Å². The number of rotatable bonds is 2. The maximum Gasteiger partial charge on any atom is 0.246 e. The lowest BCUT2D eigenvalue weighted by Gasteiger charge is -2.31. The summed E-state index contributed by atoms with van der Waals surface area (Å²) in [7, 11) is -4.01. The summed E-state index contributed by atoms with van der Waals surface area (Å²) in [5.41, 5.74) is 6.30. The van der Waals surface area contributed by atoms with Crippen LogP contribution in [0.1, 0.15) is 12.5 Å². The molecule has 1 saturated heterocycles. The van der Waals surface area contributed by atoms with E-state index in [-0.39, 0.29) is 10.6 Å². The van der Waals surface area contributed by atoms with Gasteiger partial charge < -0.3 is 5.73 Å². The van der Waals surface area contributed by atoms with E-state index in [4.69, 9.17) is 5.73 Å². The summed E-state index contributed by atoms with van der Waals surface area (Å²) < 4.78 is 26.2. The van der Waals surface area contributed by atoms with Gasteiger partial charge in [0.25, 0.3) is 0 Å². The fraction of sp³-hybridized carbons (Fsp3) is 0.333. The summed E-state index contributed by atoms with van der Waals surface area (Å²) in [4.78, 5) is 22.9. The van der Waals surface area contributed by atoms with Gasteiger partial charge in [0.1, 0.15) is 10.9 Å². The van der Waals surface area contributed by atoms with Crippen LogP contribution in [0.4, 0.5) is 5.69 Å². The Bertz CT molecular complexity index is 664. The lowest BCUT2D eigenvalue weighted by atomic mass is 10.2. The summed E-state index contributed by atoms with van der Waals surface area (Å²) in [6.07, 6.45) is 0. The van der Waals surface area contributed by atoms with Gasteiger partial charge in [-0.15, -0.1) is 0 Å². The van der Waals surface area contributed by atoms with E-state index in [0.717, 1.165) is 4.31 Å². The number of hydrogen-bond acceptors (Lipinski definition) is 5. The van der Waals surface area contributed by atoms with Crippen molar-refractivity contribution in [3.63, 3.8) is 0 Å². The zero-order chi connectivity index (χ0) is 15.1. The molecule has 0 radical (unpaired) electrons. The highest BCUT2D eigenvalue weighted by Gasteiger charge is 2.40. The van der Waals surface area contributed by atoms with Crippen molar-refractivity contribution in [2.75, 3.05) is 12.3 Å². The molecular weight excluding hydrogens is 282 g/mol. The Morgan fingerprint density at radius 3 is 2.60 bits per heavy atom. The first-order chi connectivity index (χ1) is 9.25. The Labute approximate surface area is 116 Å². The Balaban J connectivity index is 2.55. The van der Waals surface area contributed by atoms with Crippen molar-refractivity contribution in [3.8, 4) is 0 Å². The van der Waals surface area contributed by atoms with E-state index >= 15 is 0 Å². The number of amides is 2. The number of anilines is 1. The van der Waals surface area contributed by atoms with Gasteiger partial charge in [-0.05, 0) is 25.5 Å². The van der Waals surface area contributed by atoms with Crippen LogP contribution in [-0.2, 0) is 19.6 Å².